The van der Waals surface area contributed by atoms with Crippen LogP contribution in [-0.2, 0) is 11.3 Å². The Labute approximate surface area is 164 Å². The predicted molar refractivity (Wildman–Crippen MR) is 104 cm³/mol. The Balaban J connectivity index is 0.00000312. The Morgan fingerprint density at radius 3 is 2.72 bits per heavy atom. The van der Waals surface area contributed by atoms with Crippen molar-refractivity contribution in [1.29, 1.82) is 0 Å². The molecule has 0 bridgehead atoms. The Hall–Kier alpha value is -0.970. The van der Waals surface area contributed by atoms with Gasteiger partial charge in [-0.15, -0.1) is 24.0 Å². The molecule has 0 radical (unpaired) electrons. The van der Waals surface area contributed by atoms with Crippen molar-refractivity contribution < 1.29 is 13.5 Å². The van der Waals surface area contributed by atoms with E-state index in [-0.39, 0.29) is 41.8 Å². The van der Waals surface area contributed by atoms with Gasteiger partial charge in [0.2, 0.25) is 0 Å². The van der Waals surface area contributed by atoms with Crippen LogP contribution in [0.4, 0.5) is 8.78 Å². The fourth-order valence-corrected chi connectivity index (χ4v) is 3.27. The van der Waals surface area contributed by atoms with Gasteiger partial charge in [-0.3, -0.25) is 9.56 Å². The first-order valence-corrected chi connectivity index (χ1v) is 8.33. The molecule has 0 aliphatic heterocycles. The third-order valence-corrected chi connectivity index (χ3v) is 4.73. The van der Waals surface area contributed by atoms with Gasteiger partial charge in [-0.1, -0.05) is 12.8 Å². The molecule has 0 unspecified atom stereocenters. The second kappa shape index (κ2) is 10.9. The minimum absolute atomic E-state index is 0. The Morgan fingerprint density at radius 2 is 2.12 bits per heavy atom. The zero-order chi connectivity index (χ0) is 17.4. The quantitative estimate of drug-likeness (QED) is 0.348. The lowest BCUT2D eigenvalue weighted by Gasteiger charge is -2.29. The third kappa shape index (κ3) is 6.36. The molecule has 144 valence electrons. The summed E-state index contributed by atoms with van der Waals surface area (Å²) in [7, 11) is 3.40. The number of methoxy groups -OCH3 is 1. The average molecular weight is 471 g/mol. The average Bonchev–Trinajstić information content (AvgIpc) is 3.23. The van der Waals surface area contributed by atoms with Gasteiger partial charge in [0, 0.05) is 39.7 Å². The van der Waals surface area contributed by atoms with Crippen LogP contribution in [0.3, 0.4) is 0 Å². The zero-order valence-corrected chi connectivity index (χ0v) is 17.1. The number of aromatic nitrogens is 2. The molecule has 1 heterocycles. The number of alkyl halides is 2. The summed E-state index contributed by atoms with van der Waals surface area (Å²) in [5.41, 5.74) is 0.231. The number of aliphatic imine (C=N–C) groups is 1. The molecule has 1 aliphatic carbocycles. The Bertz CT molecular complexity index is 532. The number of guanidine groups is 1. The highest BCUT2D eigenvalue weighted by molar-refractivity contribution is 14.0. The van der Waals surface area contributed by atoms with Crippen LogP contribution in [0.25, 0.3) is 0 Å². The van der Waals surface area contributed by atoms with Crippen molar-refractivity contribution in [3.8, 4) is 0 Å². The minimum Gasteiger partial charge on any atom is -0.385 e. The van der Waals surface area contributed by atoms with E-state index in [2.05, 4.69) is 20.6 Å². The molecule has 25 heavy (non-hydrogen) atoms. The van der Waals surface area contributed by atoms with Gasteiger partial charge in [0.1, 0.15) is 5.82 Å². The zero-order valence-electron chi connectivity index (χ0n) is 14.8. The smallest absolute Gasteiger partial charge is 0.319 e. The summed E-state index contributed by atoms with van der Waals surface area (Å²) in [5, 5.41) is 6.39. The fourth-order valence-electron chi connectivity index (χ4n) is 3.27. The highest BCUT2D eigenvalue weighted by atomic mass is 127. The topological polar surface area (TPSA) is 63.5 Å². The van der Waals surface area contributed by atoms with E-state index >= 15 is 0 Å². The maximum absolute atomic E-state index is 12.8. The van der Waals surface area contributed by atoms with Crippen molar-refractivity contribution in [2.75, 3.05) is 27.3 Å². The largest absolute Gasteiger partial charge is 0.385 e. The molecule has 9 heteroatoms. The van der Waals surface area contributed by atoms with Gasteiger partial charge in [-0.05, 0) is 24.7 Å². The molecule has 1 saturated carbocycles. The summed E-state index contributed by atoms with van der Waals surface area (Å²) in [4.78, 5) is 8.13. The predicted octanol–water partition coefficient (Wildman–Crippen LogP) is 3.16. The number of hydrogen-bond acceptors (Lipinski definition) is 3. The summed E-state index contributed by atoms with van der Waals surface area (Å²) in [5.74, 6) is 0.880. The van der Waals surface area contributed by atoms with Crippen LogP contribution in [0.15, 0.2) is 17.4 Å². The van der Waals surface area contributed by atoms with E-state index in [0.717, 1.165) is 24.1 Å². The number of imidazole rings is 1. The highest BCUT2D eigenvalue weighted by Crippen LogP contribution is 2.40. The number of hydrogen-bond donors (Lipinski definition) is 2. The van der Waals surface area contributed by atoms with Crippen molar-refractivity contribution in [2.45, 2.75) is 45.2 Å². The lowest BCUT2D eigenvalue weighted by atomic mass is 9.83. The Kier molecular flexibility index (Phi) is 9.62. The van der Waals surface area contributed by atoms with Crippen LogP contribution in [0.2, 0.25) is 0 Å². The van der Waals surface area contributed by atoms with Crippen LogP contribution < -0.4 is 10.6 Å². The molecule has 1 fully saturated rings. The third-order valence-electron chi connectivity index (χ3n) is 4.73. The summed E-state index contributed by atoms with van der Waals surface area (Å²) < 4.78 is 31.7. The monoisotopic (exact) mass is 471 g/mol. The van der Waals surface area contributed by atoms with E-state index in [1.807, 2.05) is 0 Å². The number of halogens is 3. The maximum Gasteiger partial charge on any atom is 0.319 e. The van der Waals surface area contributed by atoms with Gasteiger partial charge < -0.3 is 15.4 Å². The molecule has 1 aliphatic rings. The summed E-state index contributed by atoms with van der Waals surface area (Å²) in [6.07, 6.45) is 8.50. The first kappa shape index (κ1) is 22.1. The highest BCUT2D eigenvalue weighted by Gasteiger charge is 2.33. The van der Waals surface area contributed by atoms with Gasteiger partial charge >= 0.3 is 6.55 Å². The van der Waals surface area contributed by atoms with Crippen LogP contribution in [0, 0.1) is 5.41 Å². The van der Waals surface area contributed by atoms with E-state index in [4.69, 9.17) is 4.74 Å². The first-order valence-electron chi connectivity index (χ1n) is 8.33. The first-order chi connectivity index (χ1) is 11.6. The molecule has 0 saturated heterocycles. The minimum atomic E-state index is -2.59. The van der Waals surface area contributed by atoms with E-state index in [0.29, 0.717) is 5.96 Å². The van der Waals surface area contributed by atoms with E-state index in [9.17, 15) is 8.78 Å². The summed E-state index contributed by atoms with van der Waals surface area (Å²) in [6, 6.07) is 0. The maximum atomic E-state index is 12.8. The Morgan fingerprint density at radius 1 is 1.40 bits per heavy atom. The number of ether oxygens (including phenoxy) is 1. The van der Waals surface area contributed by atoms with Gasteiger partial charge in [0.25, 0.3) is 0 Å². The van der Waals surface area contributed by atoms with E-state index in [1.54, 1.807) is 14.2 Å². The standard InChI is InChI=1S/C16H27F2N5O.HI/c1-19-15(21-11-13-20-8-9-23(13)14(17)18)22-12-16(7-10-24-2)5-3-4-6-16;/h8-9,14H,3-7,10-12H2,1-2H3,(H2,19,21,22);1H. The van der Waals surface area contributed by atoms with E-state index < -0.39 is 6.55 Å². The molecule has 0 atom stereocenters. The molecule has 0 spiro atoms. The molecule has 0 aromatic carbocycles. The lowest BCUT2D eigenvalue weighted by molar-refractivity contribution is 0.0668. The van der Waals surface area contributed by atoms with Gasteiger partial charge in [-0.2, -0.15) is 8.78 Å². The van der Waals surface area contributed by atoms with Crippen LogP contribution >= 0.6 is 24.0 Å². The normalized spacial score (nSPS) is 16.8. The van der Waals surface area contributed by atoms with Gasteiger partial charge in [0.05, 0.1) is 6.54 Å². The second-order valence-corrected chi connectivity index (χ2v) is 6.26. The van der Waals surface area contributed by atoms with Crippen LogP contribution in [-0.4, -0.2) is 42.8 Å². The molecule has 6 nitrogen and oxygen atoms in total. The van der Waals surface area contributed by atoms with Crippen molar-refractivity contribution >= 4 is 29.9 Å². The summed E-state index contributed by atoms with van der Waals surface area (Å²) in [6.45, 7) is -0.837. The molecule has 2 rings (SSSR count). The number of rotatable bonds is 8. The van der Waals surface area contributed by atoms with Crippen molar-refractivity contribution in [3.63, 3.8) is 0 Å². The van der Waals surface area contributed by atoms with Crippen molar-refractivity contribution in [3.05, 3.63) is 18.2 Å². The van der Waals surface area contributed by atoms with E-state index in [1.165, 1.54) is 38.1 Å². The molecular weight excluding hydrogens is 443 g/mol. The molecule has 2 N–H and O–H groups in total. The number of nitrogens with one attached hydrogen (secondary N) is 2. The van der Waals surface area contributed by atoms with Crippen molar-refractivity contribution in [1.82, 2.24) is 20.2 Å². The molecule has 0 amide bonds. The van der Waals surface area contributed by atoms with Gasteiger partial charge in [-0.25, -0.2) is 4.98 Å². The lowest BCUT2D eigenvalue weighted by Crippen LogP contribution is -2.43. The molecule has 1 aromatic heterocycles. The fraction of sp³-hybridized carbons (Fsp3) is 0.750. The van der Waals surface area contributed by atoms with Crippen molar-refractivity contribution in [2.24, 2.45) is 10.4 Å². The molecule has 1 aromatic rings. The number of nitrogens with zero attached hydrogens (tertiary/aromatic N) is 3. The SMILES string of the molecule is CN=C(NCc1nccn1C(F)F)NCC1(CCOC)CCCC1.I. The molecular formula is C16H28F2IN5O. The van der Waals surface area contributed by atoms with Crippen LogP contribution in [0.5, 0.6) is 0 Å². The van der Waals surface area contributed by atoms with Gasteiger partial charge in [0.15, 0.2) is 5.96 Å². The summed E-state index contributed by atoms with van der Waals surface area (Å²) >= 11 is 0. The second-order valence-electron chi connectivity index (χ2n) is 6.26. The van der Waals surface area contributed by atoms with Crippen LogP contribution in [0.1, 0.15) is 44.5 Å².